The number of allylic oxidation sites excluding steroid dienone is 1. The van der Waals surface area contributed by atoms with E-state index in [4.69, 9.17) is 13.9 Å². The minimum atomic E-state index is -0.930. The summed E-state index contributed by atoms with van der Waals surface area (Å²) in [6.07, 6.45) is 1.11. The first-order valence-corrected chi connectivity index (χ1v) is 11.1. The van der Waals surface area contributed by atoms with Crippen LogP contribution in [0.2, 0.25) is 0 Å². The molecule has 5 N–H and O–H groups in total. The summed E-state index contributed by atoms with van der Waals surface area (Å²) in [6, 6.07) is 4.31. The zero-order valence-corrected chi connectivity index (χ0v) is 20.6. The zero-order chi connectivity index (χ0) is 26.7. The topological polar surface area (TPSA) is 150 Å². The first kappa shape index (κ1) is 26.7. The average Bonchev–Trinajstić information content (AvgIpc) is 2.83. The number of ether oxygens (including phenoxy) is 2. The Morgan fingerprint density at radius 2 is 1.69 bits per heavy atom. The van der Waals surface area contributed by atoms with Gasteiger partial charge in [-0.2, -0.15) is 0 Å². The van der Waals surface area contributed by atoms with Crippen LogP contribution >= 0.6 is 0 Å². The largest absolute Gasteiger partial charge is 0.507 e. The van der Waals surface area contributed by atoms with Gasteiger partial charge in [-0.3, -0.25) is 4.79 Å². The molecule has 0 fully saturated rings. The Kier molecular flexibility index (Phi) is 7.96. The molecule has 0 radical (unpaired) electrons. The van der Waals surface area contributed by atoms with Crippen molar-refractivity contribution in [3.8, 4) is 40.1 Å². The molecule has 0 bridgehead atoms. The van der Waals surface area contributed by atoms with E-state index in [-0.39, 0.29) is 53.4 Å². The number of phenolic OH excluding ortho intramolecular Hbond substituents is 3. The maximum atomic E-state index is 13.3. The van der Waals surface area contributed by atoms with Crippen LogP contribution in [0.1, 0.15) is 25.0 Å². The van der Waals surface area contributed by atoms with Crippen molar-refractivity contribution in [3.05, 3.63) is 63.4 Å². The van der Waals surface area contributed by atoms with E-state index in [2.05, 4.69) is 6.58 Å². The molecule has 1 heterocycles. The van der Waals surface area contributed by atoms with Gasteiger partial charge in [0.25, 0.3) is 0 Å². The summed E-state index contributed by atoms with van der Waals surface area (Å²) >= 11 is 0. The van der Waals surface area contributed by atoms with Crippen molar-refractivity contribution in [3.63, 3.8) is 0 Å². The van der Waals surface area contributed by atoms with E-state index >= 15 is 0 Å². The van der Waals surface area contributed by atoms with Gasteiger partial charge in [-0.1, -0.05) is 23.8 Å². The second-order valence-electron chi connectivity index (χ2n) is 8.57. The molecule has 192 valence electrons. The first-order valence-electron chi connectivity index (χ1n) is 11.1. The molecule has 1 aromatic heterocycles. The Morgan fingerprint density at radius 1 is 1.06 bits per heavy atom. The molecule has 0 aliphatic carbocycles. The van der Waals surface area contributed by atoms with Gasteiger partial charge in [-0.15, -0.1) is 0 Å². The fourth-order valence-corrected chi connectivity index (χ4v) is 3.80. The van der Waals surface area contributed by atoms with Gasteiger partial charge in [-0.05, 0) is 43.5 Å². The molecule has 3 rings (SSSR count). The number of fused-ring (bicyclic) bond motifs is 1. The van der Waals surface area contributed by atoms with Crippen molar-refractivity contribution in [2.75, 3.05) is 20.8 Å². The third kappa shape index (κ3) is 5.02. The van der Waals surface area contributed by atoms with Crippen LogP contribution in [-0.4, -0.2) is 52.5 Å². The number of phenols is 3. The summed E-state index contributed by atoms with van der Waals surface area (Å²) in [5, 5.41) is 51.2. The molecule has 9 nitrogen and oxygen atoms in total. The highest BCUT2D eigenvalue weighted by Crippen LogP contribution is 2.44. The van der Waals surface area contributed by atoms with Crippen LogP contribution in [-0.2, 0) is 12.8 Å². The second-order valence-corrected chi connectivity index (χ2v) is 8.57. The minimum absolute atomic E-state index is 0.00542. The molecular formula is C27H30O9. The molecule has 36 heavy (non-hydrogen) atoms. The lowest BCUT2D eigenvalue weighted by atomic mass is 9.94. The molecular weight excluding hydrogens is 468 g/mol. The van der Waals surface area contributed by atoms with Crippen LogP contribution in [0.25, 0.3) is 22.3 Å². The number of hydrogen-bond acceptors (Lipinski definition) is 9. The van der Waals surface area contributed by atoms with Crippen molar-refractivity contribution >= 4 is 11.0 Å². The predicted molar refractivity (Wildman–Crippen MR) is 135 cm³/mol. The Hall–Kier alpha value is -3.95. The van der Waals surface area contributed by atoms with Gasteiger partial charge in [0, 0.05) is 18.1 Å². The van der Waals surface area contributed by atoms with Crippen molar-refractivity contribution in [1.82, 2.24) is 0 Å². The van der Waals surface area contributed by atoms with Crippen LogP contribution in [0, 0.1) is 0 Å². The van der Waals surface area contributed by atoms with E-state index < -0.39 is 23.0 Å². The molecule has 1 atom stereocenters. The van der Waals surface area contributed by atoms with Gasteiger partial charge in [-0.25, -0.2) is 0 Å². The van der Waals surface area contributed by atoms with E-state index in [1.54, 1.807) is 32.1 Å². The van der Waals surface area contributed by atoms with Gasteiger partial charge in [0.2, 0.25) is 16.9 Å². The molecule has 0 spiro atoms. The highest BCUT2D eigenvalue weighted by molar-refractivity contribution is 5.91. The lowest BCUT2D eigenvalue weighted by molar-refractivity contribution is 0.210. The molecule has 0 saturated carbocycles. The Balaban J connectivity index is 2.34. The predicted octanol–water partition coefficient (Wildman–Crippen LogP) is 3.55. The summed E-state index contributed by atoms with van der Waals surface area (Å²) in [4.78, 5) is 13.3. The summed E-state index contributed by atoms with van der Waals surface area (Å²) < 4.78 is 16.3. The highest BCUT2D eigenvalue weighted by Gasteiger charge is 2.25. The number of benzene rings is 2. The van der Waals surface area contributed by atoms with Crippen LogP contribution in [0.15, 0.2) is 51.2 Å². The van der Waals surface area contributed by atoms with Crippen molar-refractivity contribution in [2.45, 2.75) is 32.8 Å². The number of aliphatic hydroxyl groups excluding tert-OH is 2. The summed E-state index contributed by atoms with van der Waals surface area (Å²) in [5.41, 5.74) is 1.57. The quantitative estimate of drug-likeness (QED) is 0.279. The molecule has 0 aliphatic rings. The fourth-order valence-electron chi connectivity index (χ4n) is 3.80. The average molecular weight is 499 g/mol. The van der Waals surface area contributed by atoms with Crippen LogP contribution in [0.4, 0.5) is 0 Å². The number of rotatable bonds is 9. The molecule has 9 heteroatoms. The first-order chi connectivity index (χ1) is 17.0. The lowest BCUT2D eigenvalue weighted by Gasteiger charge is -2.17. The second kappa shape index (κ2) is 10.8. The monoisotopic (exact) mass is 498 g/mol. The SMILES string of the molecule is C=C(C)[C@H](O)Cc1cc(-c2oc3cc(O)c(OC)c(O)c3c(=O)c2OC)cc(CC=C(C)CO)c1O. The van der Waals surface area contributed by atoms with Gasteiger partial charge in [0.15, 0.2) is 17.3 Å². The number of aliphatic hydroxyl groups is 2. The standard InChI is InChI=1S/C27H30O9/c1-13(2)18(29)10-16-9-17(8-15(22(16)31)7-6-14(3)12-28)25-27(35-5)24(33)21-20(36-25)11-19(30)26(34-4)23(21)32/h6,8-9,11,18,28-32H,1,7,10,12H2,2-5H3/t18-/m1/s1. The van der Waals surface area contributed by atoms with Gasteiger partial charge < -0.3 is 39.4 Å². The summed E-state index contributed by atoms with van der Waals surface area (Å²) in [7, 11) is 2.51. The van der Waals surface area contributed by atoms with E-state index in [0.717, 1.165) is 6.07 Å². The molecule has 0 saturated heterocycles. The van der Waals surface area contributed by atoms with Gasteiger partial charge in [0.1, 0.15) is 16.7 Å². The third-order valence-electron chi connectivity index (χ3n) is 5.89. The van der Waals surface area contributed by atoms with E-state index in [1.807, 2.05) is 0 Å². The number of aromatic hydroxyl groups is 3. The normalized spacial score (nSPS) is 12.6. The number of methoxy groups -OCH3 is 2. The summed E-state index contributed by atoms with van der Waals surface area (Å²) in [6.45, 7) is 7.01. The Morgan fingerprint density at radius 3 is 2.28 bits per heavy atom. The van der Waals surface area contributed by atoms with Crippen molar-refractivity contribution in [2.24, 2.45) is 0 Å². The Labute approximate surface area is 207 Å². The van der Waals surface area contributed by atoms with Crippen molar-refractivity contribution < 1.29 is 39.4 Å². The number of hydrogen-bond donors (Lipinski definition) is 5. The minimum Gasteiger partial charge on any atom is -0.507 e. The molecule has 3 aromatic rings. The van der Waals surface area contributed by atoms with Crippen LogP contribution in [0.3, 0.4) is 0 Å². The van der Waals surface area contributed by atoms with Crippen molar-refractivity contribution in [1.29, 1.82) is 0 Å². The van der Waals surface area contributed by atoms with E-state index in [9.17, 15) is 30.3 Å². The fraction of sp³-hybridized carbons (Fsp3) is 0.296. The zero-order valence-electron chi connectivity index (χ0n) is 20.6. The smallest absolute Gasteiger partial charge is 0.239 e. The molecule has 2 aromatic carbocycles. The maximum absolute atomic E-state index is 13.3. The third-order valence-corrected chi connectivity index (χ3v) is 5.89. The van der Waals surface area contributed by atoms with Gasteiger partial charge in [0.05, 0.1) is 26.9 Å². The lowest BCUT2D eigenvalue weighted by Crippen LogP contribution is -2.12. The molecule has 0 amide bonds. The van der Waals surface area contributed by atoms with E-state index in [0.29, 0.717) is 27.8 Å². The van der Waals surface area contributed by atoms with Crippen LogP contribution < -0.4 is 14.9 Å². The van der Waals surface area contributed by atoms with Gasteiger partial charge >= 0.3 is 0 Å². The van der Waals surface area contributed by atoms with E-state index in [1.165, 1.54) is 14.2 Å². The van der Waals surface area contributed by atoms with Crippen LogP contribution in [0.5, 0.6) is 28.7 Å². The summed E-state index contributed by atoms with van der Waals surface area (Å²) in [5.74, 6) is -1.57. The molecule has 0 aliphatic heterocycles. The highest BCUT2D eigenvalue weighted by atomic mass is 16.5. The maximum Gasteiger partial charge on any atom is 0.239 e. The Bertz CT molecular complexity index is 1400. The molecule has 0 unspecified atom stereocenters.